The van der Waals surface area contributed by atoms with Crippen molar-refractivity contribution >= 4 is 23.4 Å². The molecule has 0 heterocycles. The van der Waals surface area contributed by atoms with Crippen molar-refractivity contribution in [1.29, 1.82) is 0 Å². The van der Waals surface area contributed by atoms with Crippen LogP contribution in [0.15, 0.2) is 36.4 Å². The van der Waals surface area contributed by atoms with E-state index in [1.807, 2.05) is 0 Å². The second-order valence-electron chi connectivity index (χ2n) is 12.1. The first-order valence-corrected chi connectivity index (χ1v) is 17.2. The van der Waals surface area contributed by atoms with Gasteiger partial charge in [-0.1, -0.05) is 75.7 Å². The lowest BCUT2D eigenvalue weighted by Gasteiger charge is -2.31. The second kappa shape index (κ2) is 25.5. The number of ether oxygens (including phenoxy) is 3. The first-order valence-electron chi connectivity index (χ1n) is 17.2. The summed E-state index contributed by atoms with van der Waals surface area (Å²) in [5, 5.41) is 24.0. The lowest BCUT2D eigenvalue weighted by molar-refractivity contribution is -0.168. The molecule has 0 aliphatic heterocycles. The van der Waals surface area contributed by atoms with Crippen LogP contribution in [0.1, 0.15) is 103 Å². The smallest absolute Gasteiger partial charge is 0.336 e. The van der Waals surface area contributed by atoms with Crippen LogP contribution in [-0.2, 0) is 35.1 Å². The molecule has 0 saturated heterocycles. The summed E-state index contributed by atoms with van der Waals surface area (Å²) in [5.74, 6) is 2.22. The summed E-state index contributed by atoms with van der Waals surface area (Å²) < 4.78 is 15.6. The number of hydrogen-bond acceptors (Lipinski definition) is 8. The van der Waals surface area contributed by atoms with Crippen LogP contribution in [0.5, 0.6) is 5.75 Å². The van der Waals surface area contributed by atoms with Gasteiger partial charge < -0.3 is 29.7 Å². The van der Waals surface area contributed by atoms with Gasteiger partial charge in [0, 0.05) is 40.1 Å². The number of hydrogen-bond donors (Lipinski definition) is 3. The number of nitrogens with one attached hydrogen (secondary N) is 1. The topological polar surface area (TPSA) is 148 Å². The Morgan fingerprint density at radius 2 is 1.58 bits per heavy atom. The molecule has 0 aliphatic carbocycles. The van der Waals surface area contributed by atoms with E-state index < -0.39 is 35.2 Å². The molecule has 0 bridgehead atoms. The number of methoxy groups -OCH3 is 2. The third-order valence-corrected chi connectivity index (χ3v) is 8.16. The van der Waals surface area contributed by atoms with E-state index in [-0.39, 0.29) is 32.7 Å². The number of benzene rings is 1. The van der Waals surface area contributed by atoms with Gasteiger partial charge in [0.2, 0.25) is 5.91 Å². The van der Waals surface area contributed by atoms with Crippen molar-refractivity contribution in [3.8, 4) is 17.6 Å². The zero-order valence-electron chi connectivity index (χ0n) is 29.4. The van der Waals surface area contributed by atoms with E-state index in [1.54, 1.807) is 37.3 Å². The predicted octanol–water partition coefficient (Wildman–Crippen LogP) is 5.63. The summed E-state index contributed by atoms with van der Waals surface area (Å²) in [5.41, 5.74) is -1.74. The third kappa shape index (κ3) is 17.0. The molecule has 10 nitrogen and oxygen atoms in total. The lowest BCUT2D eigenvalue weighted by Crippen LogP contribution is -2.55. The second-order valence-corrected chi connectivity index (χ2v) is 12.1. The minimum absolute atomic E-state index is 0.0951. The van der Waals surface area contributed by atoms with Crippen LogP contribution in [0, 0.1) is 17.8 Å². The van der Waals surface area contributed by atoms with Crippen LogP contribution in [0.2, 0.25) is 0 Å². The molecule has 0 spiro atoms. The van der Waals surface area contributed by atoms with Crippen LogP contribution in [-0.4, -0.2) is 79.3 Å². The highest BCUT2D eigenvalue weighted by Gasteiger charge is 2.47. The Kier molecular flexibility index (Phi) is 22.6. The number of unbranched alkanes of at least 4 members (excludes halogenated alkanes) is 8. The lowest BCUT2D eigenvalue weighted by atomic mass is 9.83. The van der Waals surface area contributed by atoms with Gasteiger partial charge >= 0.3 is 5.97 Å². The van der Waals surface area contributed by atoms with Crippen molar-refractivity contribution < 1.29 is 43.6 Å². The summed E-state index contributed by atoms with van der Waals surface area (Å²) >= 11 is 0. The average Bonchev–Trinajstić information content (AvgIpc) is 3.06. The summed E-state index contributed by atoms with van der Waals surface area (Å²) in [6, 6.07) is 5.97. The van der Waals surface area contributed by atoms with Crippen LogP contribution in [0.25, 0.3) is 0 Å². The zero-order chi connectivity index (χ0) is 35.6. The van der Waals surface area contributed by atoms with Gasteiger partial charge in [-0.15, -0.1) is 5.92 Å². The van der Waals surface area contributed by atoms with Gasteiger partial charge in [0.1, 0.15) is 24.7 Å². The molecule has 1 amide bonds. The van der Waals surface area contributed by atoms with Gasteiger partial charge in [-0.2, -0.15) is 0 Å². The molecule has 0 aliphatic rings. The number of carboxylic acid groups (broad SMARTS) is 1. The van der Waals surface area contributed by atoms with E-state index >= 15 is 0 Å². The number of aliphatic hydroxyl groups is 1. The van der Waals surface area contributed by atoms with Crippen molar-refractivity contribution in [3.63, 3.8) is 0 Å². The number of allylic oxidation sites excluding steroid dienone is 1. The van der Waals surface area contributed by atoms with Crippen LogP contribution < -0.4 is 10.1 Å². The first-order chi connectivity index (χ1) is 23.1. The minimum atomic E-state index is -2.47. The molecule has 0 aromatic heterocycles. The standard InChI is InChI=1S/C38H57NO9/c1-5-7-9-12-15-18-31(40)19-16-13-10-11-14-17-20-33(38(45,37(43)44)25-27-46-3)36(42)39-34(35(41)29-47-4)28-30-21-23-32(24-22-30)48-26-8-6-2/h17,20-24,33-34,45H,5,7,9-16,18-19,25-29H2,1-4H3,(H,39,42)(H,43,44)/b20-17+/t33-,34+,38+/m1/s1. The van der Waals surface area contributed by atoms with Gasteiger partial charge in [-0.05, 0) is 56.7 Å². The fourth-order valence-corrected chi connectivity index (χ4v) is 5.24. The Balaban J connectivity index is 2.91. The number of rotatable bonds is 28. The maximum atomic E-state index is 13.7. The van der Waals surface area contributed by atoms with E-state index in [1.165, 1.54) is 39.6 Å². The Morgan fingerprint density at radius 1 is 0.938 bits per heavy atom. The molecule has 10 heteroatoms. The van der Waals surface area contributed by atoms with Gasteiger partial charge in [0.05, 0.1) is 12.0 Å². The van der Waals surface area contributed by atoms with E-state index in [4.69, 9.17) is 14.2 Å². The zero-order valence-corrected chi connectivity index (χ0v) is 29.4. The maximum absolute atomic E-state index is 13.7. The molecule has 1 aromatic rings. The summed E-state index contributed by atoms with van der Waals surface area (Å²) in [4.78, 5) is 51.1. The fraction of sp³-hybridized carbons (Fsp3) is 0.632. The maximum Gasteiger partial charge on any atom is 0.336 e. The molecule has 3 N–H and O–H groups in total. The predicted molar refractivity (Wildman–Crippen MR) is 186 cm³/mol. The van der Waals surface area contributed by atoms with Crippen molar-refractivity contribution in [3.05, 3.63) is 42.0 Å². The Bertz CT molecular complexity index is 1180. The molecule has 0 radical (unpaired) electrons. The van der Waals surface area contributed by atoms with E-state index in [0.717, 1.165) is 44.1 Å². The number of carboxylic acids is 1. The fourth-order valence-electron chi connectivity index (χ4n) is 5.24. The molecule has 1 aromatic carbocycles. The molecule has 1 rings (SSSR count). The van der Waals surface area contributed by atoms with E-state index in [0.29, 0.717) is 30.8 Å². The summed E-state index contributed by atoms with van der Waals surface area (Å²) in [6.07, 6.45) is 13.7. The van der Waals surface area contributed by atoms with Crippen molar-refractivity contribution in [2.24, 2.45) is 5.92 Å². The highest BCUT2D eigenvalue weighted by molar-refractivity contribution is 5.94. The van der Waals surface area contributed by atoms with E-state index in [9.17, 15) is 29.4 Å². The minimum Gasteiger partial charge on any atom is -0.481 e. The van der Waals surface area contributed by atoms with Crippen LogP contribution in [0.4, 0.5) is 0 Å². The Hall–Kier alpha value is -3.52. The molecule has 0 unspecified atom stereocenters. The number of ketones is 2. The quantitative estimate of drug-likeness (QED) is 0.0586. The third-order valence-electron chi connectivity index (χ3n) is 8.16. The Labute approximate surface area is 287 Å². The van der Waals surface area contributed by atoms with Crippen molar-refractivity contribution in [1.82, 2.24) is 5.32 Å². The van der Waals surface area contributed by atoms with Crippen molar-refractivity contribution in [2.75, 3.05) is 34.0 Å². The number of carbonyl (C=O) groups is 4. The van der Waals surface area contributed by atoms with Crippen molar-refractivity contribution in [2.45, 2.75) is 115 Å². The van der Waals surface area contributed by atoms with Gasteiger partial charge in [-0.25, -0.2) is 4.79 Å². The molecule has 0 fully saturated rings. The highest BCUT2D eigenvalue weighted by Crippen LogP contribution is 2.26. The monoisotopic (exact) mass is 671 g/mol. The molecular weight excluding hydrogens is 614 g/mol. The molecule has 268 valence electrons. The van der Waals surface area contributed by atoms with Crippen LogP contribution in [0.3, 0.4) is 0 Å². The number of Topliss-reactive ketones (excluding diaryl/α,β-unsaturated/α-hetero) is 2. The van der Waals surface area contributed by atoms with Gasteiger partial charge in [-0.3, -0.25) is 14.4 Å². The van der Waals surface area contributed by atoms with Crippen LogP contribution >= 0.6 is 0 Å². The summed E-state index contributed by atoms with van der Waals surface area (Å²) in [7, 11) is 2.75. The normalized spacial score (nSPS) is 13.6. The van der Waals surface area contributed by atoms with Gasteiger partial charge in [0.25, 0.3) is 0 Å². The molecule has 48 heavy (non-hydrogen) atoms. The van der Waals surface area contributed by atoms with E-state index in [2.05, 4.69) is 24.1 Å². The van der Waals surface area contributed by atoms with Gasteiger partial charge in [0.15, 0.2) is 11.4 Å². The number of amides is 1. The summed E-state index contributed by atoms with van der Waals surface area (Å²) in [6.45, 7) is 3.77. The first kappa shape index (κ1) is 42.5. The largest absolute Gasteiger partial charge is 0.481 e. The molecule has 3 atom stereocenters. The highest BCUT2D eigenvalue weighted by atomic mass is 16.5. The SMILES string of the molecule is CC#CCOc1ccc(C[C@H](NC(=O)[C@@H](/C=C/CCCCCCC(=O)CCCCCCC)[C@@](O)(CCOC)C(=O)O)C(=O)COC)cc1. The molecular formula is C38H57NO9. The average molecular weight is 672 g/mol. The Morgan fingerprint density at radius 3 is 2.17 bits per heavy atom. The number of carbonyl (C=O) groups excluding carboxylic acids is 3. The number of aliphatic carboxylic acids is 1. The molecule has 0 saturated carbocycles.